The molecule has 8 heteroatoms. The van der Waals surface area contributed by atoms with E-state index in [0.717, 1.165) is 12.1 Å². The van der Waals surface area contributed by atoms with E-state index in [2.05, 4.69) is 10.3 Å². The van der Waals surface area contributed by atoms with Crippen molar-refractivity contribution in [2.75, 3.05) is 13.6 Å². The lowest BCUT2D eigenvalue weighted by Gasteiger charge is -2.25. The number of para-hydroxylation sites is 2. The fraction of sp³-hybridized carbons (Fsp3) is 0.348. The number of nitrogens with one attached hydrogen (secondary N) is 1. The van der Waals surface area contributed by atoms with Gasteiger partial charge < -0.3 is 14.6 Å². The number of aromatic nitrogens is 1. The van der Waals surface area contributed by atoms with Crippen molar-refractivity contribution in [1.82, 2.24) is 15.2 Å². The molecule has 1 aromatic heterocycles. The zero-order valence-corrected chi connectivity index (χ0v) is 17.3. The Balaban J connectivity index is 1.55. The third kappa shape index (κ3) is 4.02. The maximum atomic E-state index is 14.8. The third-order valence-corrected chi connectivity index (χ3v) is 5.79. The molecule has 2 aromatic carbocycles. The molecule has 0 aliphatic heterocycles. The van der Waals surface area contributed by atoms with Crippen LogP contribution in [0.1, 0.15) is 36.5 Å². The molecule has 162 valence electrons. The van der Waals surface area contributed by atoms with E-state index in [0.29, 0.717) is 36.9 Å². The van der Waals surface area contributed by atoms with Crippen LogP contribution in [-0.2, 0) is 4.79 Å². The number of amides is 2. The van der Waals surface area contributed by atoms with Gasteiger partial charge >= 0.3 is 0 Å². The summed E-state index contributed by atoms with van der Waals surface area (Å²) in [5, 5.41) is 2.78. The molecule has 1 fully saturated rings. The molecule has 1 aliphatic rings. The van der Waals surface area contributed by atoms with E-state index in [1.807, 2.05) is 6.92 Å². The molecular formula is C23H23F2N3O3. The molecule has 2 atom stereocenters. The summed E-state index contributed by atoms with van der Waals surface area (Å²) in [5.74, 6) is -2.88. The van der Waals surface area contributed by atoms with Crippen LogP contribution in [0, 0.1) is 17.6 Å². The van der Waals surface area contributed by atoms with Crippen LogP contribution in [0.25, 0.3) is 22.6 Å². The number of hydrogen-bond acceptors (Lipinski definition) is 4. The number of nitrogens with zero attached hydrogens (tertiary/aromatic N) is 2. The Morgan fingerprint density at radius 2 is 1.90 bits per heavy atom. The highest BCUT2D eigenvalue weighted by Crippen LogP contribution is 2.32. The van der Waals surface area contributed by atoms with Gasteiger partial charge in [0.2, 0.25) is 11.8 Å². The predicted octanol–water partition coefficient (Wildman–Crippen LogP) is 4.15. The van der Waals surface area contributed by atoms with Gasteiger partial charge in [-0.15, -0.1) is 0 Å². The number of carbonyl (C=O) groups excluding carboxylic acids is 2. The monoisotopic (exact) mass is 427 g/mol. The van der Waals surface area contributed by atoms with Gasteiger partial charge in [-0.3, -0.25) is 9.59 Å². The van der Waals surface area contributed by atoms with Gasteiger partial charge in [-0.05, 0) is 50.5 Å². The lowest BCUT2D eigenvalue weighted by atomic mass is 10.1. The SMILES string of the molecule is CCNC(=O)C1CCC(N(C)C(=O)c2c(F)cc(-c3nc4ccccc4o3)cc2F)C1. The van der Waals surface area contributed by atoms with Crippen LogP contribution in [0.5, 0.6) is 0 Å². The number of fused-ring (bicyclic) bond motifs is 1. The minimum Gasteiger partial charge on any atom is -0.436 e. The predicted molar refractivity (Wildman–Crippen MR) is 111 cm³/mol. The van der Waals surface area contributed by atoms with Crippen LogP contribution in [0.2, 0.25) is 0 Å². The Bertz CT molecular complexity index is 1090. The van der Waals surface area contributed by atoms with E-state index in [1.165, 1.54) is 11.9 Å². The highest BCUT2D eigenvalue weighted by atomic mass is 19.1. The highest BCUT2D eigenvalue weighted by Gasteiger charge is 2.35. The Labute approximate surface area is 178 Å². The van der Waals surface area contributed by atoms with Gasteiger partial charge in [-0.1, -0.05) is 12.1 Å². The van der Waals surface area contributed by atoms with Crippen LogP contribution >= 0.6 is 0 Å². The summed E-state index contributed by atoms with van der Waals surface area (Å²) in [6.45, 7) is 2.38. The van der Waals surface area contributed by atoms with Gasteiger partial charge in [-0.2, -0.15) is 0 Å². The second-order valence-corrected chi connectivity index (χ2v) is 7.78. The van der Waals surface area contributed by atoms with Crippen molar-refractivity contribution in [2.24, 2.45) is 5.92 Å². The fourth-order valence-electron chi connectivity index (χ4n) is 4.10. The molecule has 1 aliphatic carbocycles. The van der Waals surface area contributed by atoms with Gasteiger partial charge in [0.1, 0.15) is 22.7 Å². The summed E-state index contributed by atoms with van der Waals surface area (Å²) < 4.78 is 35.2. The number of benzene rings is 2. The quantitative estimate of drug-likeness (QED) is 0.664. The van der Waals surface area contributed by atoms with Crippen LogP contribution < -0.4 is 5.32 Å². The van der Waals surface area contributed by atoms with E-state index in [-0.39, 0.29) is 29.3 Å². The first kappa shape index (κ1) is 21.0. The Morgan fingerprint density at radius 1 is 1.19 bits per heavy atom. The third-order valence-electron chi connectivity index (χ3n) is 5.79. The minimum atomic E-state index is -0.979. The normalized spacial score (nSPS) is 18.3. The lowest BCUT2D eigenvalue weighted by Crippen LogP contribution is -2.37. The van der Waals surface area contributed by atoms with E-state index < -0.39 is 23.1 Å². The van der Waals surface area contributed by atoms with Crippen LogP contribution in [0.15, 0.2) is 40.8 Å². The highest BCUT2D eigenvalue weighted by molar-refractivity contribution is 5.95. The zero-order chi connectivity index (χ0) is 22.1. The lowest BCUT2D eigenvalue weighted by molar-refractivity contribution is -0.124. The Morgan fingerprint density at radius 3 is 2.58 bits per heavy atom. The number of oxazole rings is 1. The molecule has 1 N–H and O–H groups in total. The molecule has 2 unspecified atom stereocenters. The van der Waals surface area contributed by atoms with Gasteiger partial charge in [0.25, 0.3) is 5.91 Å². The van der Waals surface area contributed by atoms with Crippen molar-refractivity contribution >= 4 is 22.9 Å². The topological polar surface area (TPSA) is 75.4 Å². The Hall–Kier alpha value is -3.29. The molecule has 6 nitrogen and oxygen atoms in total. The molecule has 3 aromatic rings. The number of rotatable bonds is 5. The fourth-order valence-corrected chi connectivity index (χ4v) is 4.10. The van der Waals surface area contributed by atoms with Crippen molar-refractivity contribution < 1.29 is 22.8 Å². The molecule has 1 heterocycles. The average Bonchev–Trinajstić information content (AvgIpc) is 3.40. The summed E-state index contributed by atoms with van der Waals surface area (Å²) in [7, 11) is 1.51. The molecule has 0 saturated heterocycles. The molecule has 31 heavy (non-hydrogen) atoms. The molecule has 0 bridgehead atoms. The van der Waals surface area contributed by atoms with Crippen molar-refractivity contribution in [3.63, 3.8) is 0 Å². The first-order valence-corrected chi connectivity index (χ1v) is 10.3. The summed E-state index contributed by atoms with van der Waals surface area (Å²) in [6.07, 6.45) is 1.71. The van der Waals surface area contributed by atoms with Crippen molar-refractivity contribution in [2.45, 2.75) is 32.2 Å². The standard InChI is InChI=1S/C23H23F2N3O3/c1-3-26-21(29)13-8-9-15(10-13)28(2)23(30)20-16(24)11-14(12-17(20)25)22-27-18-6-4-5-7-19(18)31-22/h4-7,11-13,15H,3,8-10H2,1-2H3,(H,26,29). The summed E-state index contributed by atoms with van der Waals surface area (Å²) in [6, 6.07) is 8.86. The van der Waals surface area contributed by atoms with Gasteiger partial charge in [-0.25, -0.2) is 13.8 Å². The van der Waals surface area contributed by atoms with Crippen LogP contribution in [-0.4, -0.2) is 41.3 Å². The van der Waals surface area contributed by atoms with Gasteiger partial charge in [0.05, 0.1) is 0 Å². The van der Waals surface area contributed by atoms with E-state index in [1.54, 1.807) is 24.3 Å². The summed E-state index contributed by atoms with van der Waals surface area (Å²) in [5.41, 5.74) is 0.564. The largest absolute Gasteiger partial charge is 0.436 e. The number of hydrogen-bond donors (Lipinski definition) is 1. The number of carbonyl (C=O) groups is 2. The Kier molecular flexibility index (Phi) is 5.71. The first-order chi connectivity index (χ1) is 14.9. The smallest absolute Gasteiger partial charge is 0.259 e. The maximum Gasteiger partial charge on any atom is 0.259 e. The van der Waals surface area contributed by atoms with E-state index in [4.69, 9.17) is 4.42 Å². The van der Waals surface area contributed by atoms with Crippen LogP contribution in [0.4, 0.5) is 8.78 Å². The maximum absolute atomic E-state index is 14.8. The number of halogens is 2. The first-order valence-electron chi connectivity index (χ1n) is 10.3. The average molecular weight is 427 g/mol. The van der Waals surface area contributed by atoms with Crippen molar-refractivity contribution in [3.05, 3.63) is 53.6 Å². The molecule has 2 amide bonds. The summed E-state index contributed by atoms with van der Waals surface area (Å²) >= 11 is 0. The van der Waals surface area contributed by atoms with Crippen molar-refractivity contribution in [3.8, 4) is 11.5 Å². The van der Waals surface area contributed by atoms with Gasteiger partial charge in [0, 0.05) is 31.1 Å². The minimum absolute atomic E-state index is 0.0501. The zero-order valence-electron chi connectivity index (χ0n) is 17.3. The summed E-state index contributed by atoms with van der Waals surface area (Å²) in [4.78, 5) is 30.5. The molecule has 0 spiro atoms. The van der Waals surface area contributed by atoms with E-state index in [9.17, 15) is 18.4 Å². The van der Waals surface area contributed by atoms with Gasteiger partial charge in [0.15, 0.2) is 5.58 Å². The molecule has 4 rings (SSSR count). The second-order valence-electron chi connectivity index (χ2n) is 7.78. The van der Waals surface area contributed by atoms with E-state index >= 15 is 0 Å². The molecule has 0 radical (unpaired) electrons. The van der Waals surface area contributed by atoms with Crippen LogP contribution in [0.3, 0.4) is 0 Å². The van der Waals surface area contributed by atoms with Crippen molar-refractivity contribution in [1.29, 1.82) is 0 Å². The molecular weight excluding hydrogens is 404 g/mol. The second kappa shape index (κ2) is 8.45. The molecule has 1 saturated carbocycles.